The van der Waals surface area contributed by atoms with Crippen molar-refractivity contribution < 1.29 is 9.18 Å². The monoisotopic (exact) mass is 264 g/mol. The first kappa shape index (κ1) is 12.8. The fourth-order valence-electron chi connectivity index (χ4n) is 1.60. The van der Waals surface area contributed by atoms with Gasteiger partial charge in [-0.25, -0.2) is 4.39 Å². The summed E-state index contributed by atoms with van der Waals surface area (Å²) in [6.45, 7) is 3.31. The number of nitrogens with zero attached hydrogens (tertiary/aromatic N) is 2. The molecule has 0 saturated carbocycles. The first-order valence-corrected chi connectivity index (χ1v) is 6.28. The number of ketones is 1. The van der Waals surface area contributed by atoms with Crippen LogP contribution in [-0.2, 0) is 7.05 Å². The van der Waals surface area contributed by atoms with Crippen molar-refractivity contribution in [2.75, 3.05) is 0 Å². The van der Waals surface area contributed by atoms with E-state index in [9.17, 15) is 9.18 Å². The molecule has 0 amide bonds. The van der Waals surface area contributed by atoms with Crippen LogP contribution < -0.4 is 0 Å². The van der Waals surface area contributed by atoms with Crippen molar-refractivity contribution in [1.82, 2.24) is 9.78 Å². The van der Waals surface area contributed by atoms with Crippen LogP contribution in [0.15, 0.2) is 34.2 Å². The molecule has 2 rings (SSSR count). The zero-order valence-corrected chi connectivity index (χ0v) is 11.2. The number of rotatable bonds is 3. The third kappa shape index (κ3) is 2.61. The summed E-state index contributed by atoms with van der Waals surface area (Å²) in [6.07, 6.45) is 0. The summed E-state index contributed by atoms with van der Waals surface area (Å²) < 4.78 is 15.5. The average Bonchev–Trinajstić information content (AvgIpc) is 2.60. The highest BCUT2D eigenvalue weighted by Crippen LogP contribution is 2.30. The van der Waals surface area contributed by atoms with Crippen LogP contribution in [0.4, 0.5) is 4.39 Å². The van der Waals surface area contributed by atoms with Gasteiger partial charge in [-0.3, -0.25) is 9.48 Å². The molecule has 0 aliphatic carbocycles. The van der Waals surface area contributed by atoms with E-state index in [1.807, 2.05) is 20.0 Å². The van der Waals surface area contributed by atoms with Crippen LogP contribution in [0, 0.1) is 12.7 Å². The molecular weight excluding hydrogens is 251 g/mol. The number of halogens is 1. The van der Waals surface area contributed by atoms with E-state index >= 15 is 0 Å². The van der Waals surface area contributed by atoms with Crippen LogP contribution in [0.5, 0.6) is 0 Å². The topological polar surface area (TPSA) is 34.9 Å². The van der Waals surface area contributed by atoms with Crippen molar-refractivity contribution in [3.05, 3.63) is 41.3 Å². The quantitative estimate of drug-likeness (QED) is 0.798. The predicted octanol–water partition coefficient (Wildman–Crippen LogP) is 3.22. The highest BCUT2D eigenvalue weighted by atomic mass is 32.2. The molecule has 3 nitrogen and oxygen atoms in total. The zero-order chi connectivity index (χ0) is 13.3. The number of hydrogen-bond acceptors (Lipinski definition) is 3. The van der Waals surface area contributed by atoms with Gasteiger partial charge in [-0.2, -0.15) is 5.10 Å². The molecule has 0 spiro atoms. The van der Waals surface area contributed by atoms with Gasteiger partial charge in [0.05, 0.1) is 10.7 Å². The van der Waals surface area contributed by atoms with E-state index in [0.29, 0.717) is 10.5 Å². The first-order valence-electron chi connectivity index (χ1n) is 5.46. The van der Waals surface area contributed by atoms with Crippen molar-refractivity contribution in [2.45, 2.75) is 23.8 Å². The Morgan fingerprint density at radius 1 is 1.39 bits per heavy atom. The molecule has 0 aliphatic rings. The normalized spacial score (nSPS) is 10.7. The minimum atomic E-state index is -0.383. The van der Waals surface area contributed by atoms with Crippen molar-refractivity contribution in [3.8, 4) is 0 Å². The summed E-state index contributed by atoms with van der Waals surface area (Å²) in [6, 6.07) is 6.42. The van der Waals surface area contributed by atoms with Crippen molar-refractivity contribution in [1.29, 1.82) is 0 Å². The third-order valence-electron chi connectivity index (χ3n) is 2.51. The summed E-state index contributed by atoms with van der Waals surface area (Å²) >= 11 is 1.30. The van der Waals surface area contributed by atoms with Crippen LogP contribution >= 0.6 is 11.8 Å². The van der Waals surface area contributed by atoms with Gasteiger partial charge in [0.1, 0.15) is 5.82 Å². The second-order valence-corrected chi connectivity index (χ2v) is 5.11. The Kier molecular flexibility index (Phi) is 3.52. The maximum absolute atomic E-state index is 13.8. The molecule has 0 fully saturated rings. The highest BCUT2D eigenvalue weighted by molar-refractivity contribution is 7.99. The van der Waals surface area contributed by atoms with E-state index in [4.69, 9.17) is 0 Å². The minimum absolute atomic E-state index is 0.137. The smallest absolute Gasteiger partial charge is 0.159 e. The van der Waals surface area contributed by atoms with Gasteiger partial charge in [-0.05, 0) is 32.0 Å². The van der Waals surface area contributed by atoms with Gasteiger partial charge in [-0.1, -0.05) is 17.8 Å². The molecule has 1 aromatic carbocycles. The molecule has 0 N–H and O–H groups in total. The van der Waals surface area contributed by atoms with Crippen molar-refractivity contribution >= 4 is 17.5 Å². The maximum atomic E-state index is 13.8. The Hall–Kier alpha value is -1.62. The summed E-state index contributed by atoms with van der Waals surface area (Å²) in [4.78, 5) is 11.6. The summed E-state index contributed by atoms with van der Waals surface area (Å²) in [5, 5.41) is 5.06. The number of Topliss-reactive ketones (excluding diaryl/α,β-unsaturated/α-hetero) is 1. The van der Waals surface area contributed by atoms with Crippen LogP contribution in [0.1, 0.15) is 23.0 Å². The molecule has 1 aromatic heterocycles. The molecule has 18 heavy (non-hydrogen) atoms. The summed E-state index contributed by atoms with van der Waals surface area (Å²) in [7, 11) is 1.82. The largest absolute Gasteiger partial charge is 0.295 e. The Balaban J connectivity index is 2.30. The lowest BCUT2D eigenvalue weighted by molar-refractivity contribution is 0.101. The fourth-order valence-corrected chi connectivity index (χ4v) is 2.52. The van der Waals surface area contributed by atoms with Gasteiger partial charge in [0, 0.05) is 17.5 Å². The number of hydrogen-bond donors (Lipinski definition) is 0. The number of aromatic nitrogens is 2. The fraction of sp³-hybridized carbons (Fsp3) is 0.231. The molecule has 2 aromatic rings. The molecule has 1 heterocycles. The maximum Gasteiger partial charge on any atom is 0.159 e. The Bertz CT molecular complexity index is 607. The lowest BCUT2D eigenvalue weighted by Gasteiger charge is -2.04. The first-order chi connectivity index (χ1) is 8.47. The van der Waals surface area contributed by atoms with E-state index in [-0.39, 0.29) is 11.6 Å². The number of carbonyl (C=O) groups excluding carboxylic acids is 1. The van der Waals surface area contributed by atoms with Gasteiger partial charge in [-0.15, -0.1) is 0 Å². The standard InChI is InChI=1S/C13H13FN2OS/c1-8-6-13(16(3)15-8)18-12-5-4-10(9(2)17)7-11(12)14/h4-7H,1-3H3. The van der Waals surface area contributed by atoms with Gasteiger partial charge < -0.3 is 0 Å². The second-order valence-electron chi connectivity index (χ2n) is 4.05. The molecule has 0 atom stereocenters. The van der Waals surface area contributed by atoms with Crippen LogP contribution in [0.25, 0.3) is 0 Å². The zero-order valence-electron chi connectivity index (χ0n) is 10.4. The molecule has 0 unspecified atom stereocenters. The molecular formula is C13H13FN2OS. The predicted molar refractivity (Wildman–Crippen MR) is 68.5 cm³/mol. The third-order valence-corrected chi connectivity index (χ3v) is 3.65. The van der Waals surface area contributed by atoms with Crippen LogP contribution in [-0.4, -0.2) is 15.6 Å². The Morgan fingerprint density at radius 3 is 2.61 bits per heavy atom. The van der Waals surface area contributed by atoms with E-state index in [2.05, 4.69) is 5.10 Å². The molecule has 0 aliphatic heterocycles. The average molecular weight is 264 g/mol. The van der Waals surface area contributed by atoms with E-state index < -0.39 is 0 Å². The summed E-state index contributed by atoms with van der Waals surface area (Å²) in [5.41, 5.74) is 1.28. The minimum Gasteiger partial charge on any atom is -0.295 e. The Morgan fingerprint density at radius 2 is 2.11 bits per heavy atom. The van der Waals surface area contributed by atoms with Crippen LogP contribution in [0.3, 0.4) is 0 Å². The van der Waals surface area contributed by atoms with Crippen LogP contribution in [0.2, 0.25) is 0 Å². The van der Waals surface area contributed by atoms with Crippen molar-refractivity contribution in [3.63, 3.8) is 0 Å². The molecule has 0 saturated heterocycles. The summed E-state index contributed by atoms with van der Waals surface area (Å²) in [5.74, 6) is -0.520. The van der Waals surface area contributed by atoms with Gasteiger partial charge in [0.15, 0.2) is 5.78 Å². The number of aryl methyl sites for hydroxylation is 2. The second kappa shape index (κ2) is 4.94. The molecule has 0 bridgehead atoms. The van der Waals surface area contributed by atoms with Gasteiger partial charge in [0.2, 0.25) is 0 Å². The Labute approximate surface area is 109 Å². The highest BCUT2D eigenvalue weighted by Gasteiger charge is 2.10. The van der Waals surface area contributed by atoms with Gasteiger partial charge in [0.25, 0.3) is 0 Å². The lowest BCUT2D eigenvalue weighted by atomic mass is 10.1. The SMILES string of the molecule is CC(=O)c1ccc(Sc2cc(C)nn2C)c(F)c1. The number of benzene rings is 1. The lowest BCUT2D eigenvalue weighted by Crippen LogP contribution is -1.95. The molecule has 0 radical (unpaired) electrons. The van der Waals surface area contributed by atoms with Crippen molar-refractivity contribution in [2.24, 2.45) is 7.05 Å². The molecule has 94 valence electrons. The molecule has 5 heteroatoms. The van der Waals surface area contributed by atoms with Gasteiger partial charge >= 0.3 is 0 Å². The van der Waals surface area contributed by atoms with E-state index in [0.717, 1.165) is 10.7 Å². The van der Waals surface area contributed by atoms with E-state index in [1.165, 1.54) is 24.8 Å². The number of carbonyl (C=O) groups is 1. The van der Waals surface area contributed by atoms with E-state index in [1.54, 1.807) is 16.8 Å².